The number of hydrogen-bond acceptors (Lipinski definition) is 4. The summed E-state index contributed by atoms with van der Waals surface area (Å²) < 4.78 is 33.5. The van der Waals surface area contributed by atoms with Crippen LogP contribution in [0.3, 0.4) is 0 Å². The fraction of sp³-hybridized carbons (Fsp3) is 0.350. The van der Waals surface area contributed by atoms with Gasteiger partial charge in [0.15, 0.2) is 0 Å². The van der Waals surface area contributed by atoms with Gasteiger partial charge in [-0.3, -0.25) is 9.52 Å². The highest BCUT2D eigenvalue weighted by Crippen LogP contribution is 2.39. The van der Waals surface area contributed by atoms with Crippen LogP contribution < -0.4 is 14.8 Å². The Morgan fingerprint density at radius 1 is 1.07 bits per heavy atom. The number of carbonyl (C=O) groups excluding carboxylic acids is 1. The second kappa shape index (κ2) is 8.01. The molecular weight excluding hydrogens is 400 g/mol. The van der Waals surface area contributed by atoms with Crippen molar-refractivity contribution in [3.63, 3.8) is 0 Å². The molecule has 1 aliphatic rings. The van der Waals surface area contributed by atoms with E-state index in [9.17, 15) is 13.2 Å². The van der Waals surface area contributed by atoms with E-state index >= 15 is 0 Å². The van der Waals surface area contributed by atoms with Crippen molar-refractivity contribution in [3.8, 4) is 5.75 Å². The monoisotopic (exact) mass is 422 g/mol. The lowest BCUT2D eigenvalue weighted by Crippen LogP contribution is -2.30. The van der Waals surface area contributed by atoms with Crippen LogP contribution in [0.2, 0.25) is 5.02 Å². The van der Waals surface area contributed by atoms with Crippen molar-refractivity contribution in [1.29, 1.82) is 0 Å². The predicted molar refractivity (Wildman–Crippen MR) is 110 cm³/mol. The third-order valence-corrected chi connectivity index (χ3v) is 6.72. The van der Waals surface area contributed by atoms with E-state index in [4.69, 9.17) is 16.3 Å². The lowest BCUT2D eigenvalue weighted by Gasteiger charge is -2.22. The molecule has 0 unspecified atom stereocenters. The van der Waals surface area contributed by atoms with Gasteiger partial charge in [-0.1, -0.05) is 31.4 Å². The molecule has 0 radical (unpaired) electrons. The maximum atomic E-state index is 12.9. The zero-order valence-electron chi connectivity index (χ0n) is 15.8. The normalized spacial score (nSPS) is 15.8. The van der Waals surface area contributed by atoms with Crippen molar-refractivity contribution < 1.29 is 17.9 Å². The fourth-order valence-corrected chi connectivity index (χ4v) is 4.74. The summed E-state index contributed by atoms with van der Waals surface area (Å²) in [5.41, 5.74) is 0.371. The zero-order valence-corrected chi connectivity index (χ0v) is 17.4. The number of anilines is 2. The zero-order chi connectivity index (χ0) is 20.4. The van der Waals surface area contributed by atoms with Gasteiger partial charge >= 0.3 is 0 Å². The topological polar surface area (TPSA) is 84.5 Å². The van der Waals surface area contributed by atoms with Gasteiger partial charge in [-0.2, -0.15) is 0 Å². The van der Waals surface area contributed by atoms with Crippen LogP contribution >= 0.6 is 11.6 Å². The molecule has 0 heterocycles. The van der Waals surface area contributed by atoms with E-state index < -0.39 is 15.4 Å². The van der Waals surface area contributed by atoms with Crippen LogP contribution in [-0.4, -0.2) is 21.4 Å². The number of halogens is 1. The number of methoxy groups -OCH3 is 1. The molecular formula is C20H23ClN2O4S. The van der Waals surface area contributed by atoms with Gasteiger partial charge in [0.2, 0.25) is 5.91 Å². The molecule has 1 aliphatic carbocycles. The highest BCUT2D eigenvalue weighted by Gasteiger charge is 2.36. The summed E-state index contributed by atoms with van der Waals surface area (Å²) in [4.78, 5) is 12.6. The van der Waals surface area contributed by atoms with Crippen molar-refractivity contribution in [2.45, 2.75) is 37.5 Å². The molecule has 6 nitrogen and oxygen atoms in total. The molecule has 2 aromatic carbocycles. The molecule has 8 heteroatoms. The van der Waals surface area contributed by atoms with E-state index in [0.717, 1.165) is 25.7 Å². The molecule has 1 fully saturated rings. The van der Waals surface area contributed by atoms with Crippen molar-refractivity contribution in [3.05, 3.63) is 47.5 Å². The highest BCUT2D eigenvalue weighted by molar-refractivity contribution is 7.92. The minimum Gasteiger partial charge on any atom is -0.495 e. The van der Waals surface area contributed by atoms with Crippen LogP contribution in [0.4, 0.5) is 11.4 Å². The third kappa shape index (κ3) is 4.42. The summed E-state index contributed by atoms with van der Waals surface area (Å²) in [5.74, 6) is 0.0933. The molecule has 0 aromatic heterocycles. The first kappa shape index (κ1) is 20.5. The van der Waals surface area contributed by atoms with E-state index in [1.807, 2.05) is 6.92 Å². The summed E-state index contributed by atoms with van der Waals surface area (Å²) in [6.07, 6.45) is 3.71. The van der Waals surface area contributed by atoms with Crippen LogP contribution in [0.5, 0.6) is 5.75 Å². The van der Waals surface area contributed by atoms with Gasteiger partial charge in [0.05, 0.1) is 7.11 Å². The number of sulfonamides is 1. The van der Waals surface area contributed by atoms with Gasteiger partial charge in [-0.15, -0.1) is 0 Å². The predicted octanol–water partition coefficient (Wildman–Crippen LogP) is 4.67. The van der Waals surface area contributed by atoms with Crippen molar-refractivity contribution in [2.24, 2.45) is 5.41 Å². The van der Waals surface area contributed by atoms with Gasteiger partial charge < -0.3 is 10.1 Å². The summed E-state index contributed by atoms with van der Waals surface area (Å²) in [6, 6.07) is 10.9. The number of carbonyl (C=O) groups is 1. The molecule has 150 valence electrons. The number of amides is 1. The fourth-order valence-electron chi connectivity index (χ4n) is 3.36. The molecule has 0 bridgehead atoms. The van der Waals surface area contributed by atoms with E-state index in [1.165, 1.54) is 19.2 Å². The third-order valence-electron chi connectivity index (χ3n) is 5.06. The Hall–Kier alpha value is -2.25. The van der Waals surface area contributed by atoms with Crippen LogP contribution in [0.1, 0.15) is 32.6 Å². The van der Waals surface area contributed by atoms with Crippen LogP contribution in [0.25, 0.3) is 0 Å². The first-order valence-corrected chi connectivity index (χ1v) is 10.9. The average Bonchev–Trinajstić information content (AvgIpc) is 3.11. The number of ether oxygens (including phenoxy) is 1. The lowest BCUT2D eigenvalue weighted by atomic mass is 9.88. The second-order valence-corrected chi connectivity index (χ2v) is 9.29. The minimum atomic E-state index is -3.93. The quantitative estimate of drug-likeness (QED) is 0.708. The first-order valence-electron chi connectivity index (χ1n) is 9.01. The highest BCUT2D eigenvalue weighted by atomic mass is 35.5. The van der Waals surface area contributed by atoms with Gasteiger partial charge in [0, 0.05) is 21.8 Å². The number of hydrogen-bond donors (Lipinski definition) is 2. The van der Waals surface area contributed by atoms with Crippen molar-refractivity contribution in [2.75, 3.05) is 17.1 Å². The van der Waals surface area contributed by atoms with Gasteiger partial charge in [0.1, 0.15) is 10.6 Å². The molecule has 2 N–H and O–H groups in total. The van der Waals surface area contributed by atoms with E-state index in [0.29, 0.717) is 16.4 Å². The summed E-state index contributed by atoms with van der Waals surface area (Å²) >= 11 is 5.84. The Kier molecular flexibility index (Phi) is 5.86. The average molecular weight is 423 g/mol. The van der Waals surface area contributed by atoms with Crippen molar-refractivity contribution >= 4 is 38.9 Å². The van der Waals surface area contributed by atoms with Crippen molar-refractivity contribution in [1.82, 2.24) is 0 Å². The summed E-state index contributed by atoms with van der Waals surface area (Å²) in [7, 11) is -2.53. The SMILES string of the molecule is COc1ccc(NC(=O)C2(C)CCCC2)cc1S(=O)(=O)Nc1ccc(Cl)cc1. The Labute approximate surface area is 170 Å². The molecule has 0 spiro atoms. The molecule has 0 saturated heterocycles. The first-order chi connectivity index (χ1) is 13.2. The Morgan fingerprint density at radius 3 is 2.29 bits per heavy atom. The lowest BCUT2D eigenvalue weighted by molar-refractivity contribution is -0.124. The Balaban J connectivity index is 1.87. The van der Waals surface area contributed by atoms with E-state index in [1.54, 1.807) is 30.3 Å². The summed E-state index contributed by atoms with van der Waals surface area (Å²) in [5, 5.41) is 3.36. The van der Waals surface area contributed by atoms with Crippen LogP contribution in [-0.2, 0) is 14.8 Å². The van der Waals surface area contributed by atoms with E-state index in [-0.39, 0.29) is 16.6 Å². The smallest absolute Gasteiger partial charge is 0.265 e. The van der Waals surface area contributed by atoms with Gasteiger partial charge in [-0.05, 0) is 55.3 Å². The second-order valence-electron chi connectivity index (χ2n) is 7.20. The molecule has 2 aromatic rings. The largest absolute Gasteiger partial charge is 0.495 e. The van der Waals surface area contributed by atoms with Crippen LogP contribution in [0.15, 0.2) is 47.4 Å². The molecule has 28 heavy (non-hydrogen) atoms. The molecule has 0 atom stereocenters. The summed E-state index contributed by atoms with van der Waals surface area (Å²) in [6.45, 7) is 1.94. The molecule has 0 aliphatic heterocycles. The number of benzene rings is 2. The molecule has 1 saturated carbocycles. The van der Waals surface area contributed by atoms with Gasteiger partial charge in [0.25, 0.3) is 10.0 Å². The Morgan fingerprint density at radius 2 is 1.68 bits per heavy atom. The minimum absolute atomic E-state index is 0.0562. The molecule has 3 rings (SSSR count). The maximum Gasteiger partial charge on any atom is 0.265 e. The molecule has 1 amide bonds. The number of nitrogens with one attached hydrogen (secondary N) is 2. The van der Waals surface area contributed by atoms with Crippen LogP contribution in [0, 0.1) is 5.41 Å². The Bertz CT molecular complexity index is 968. The van der Waals surface area contributed by atoms with E-state index in [2.05, 4.69) is 10.0 Å². The standard InChI is InChI=1S/C20H23ClN2O4S/c1-20(11-3-4-12-20)19(24)22-16-9-10-17(27-2)18(13-16)28(25,26)23-15-7-5-14(21)6-8-15/h5-10,13,23H,3-4,11-12H2,1-2H3,(H,22,24). The number of rotatable bonds is 6. The maximum absolute atomic E-state index is 12.9. The van der Waals surface area contributed by atoms with Gasteiger partial charge in [-0.25, -0.2) is 8.42 Å².